The molecular weight excluding hydrogens is 296 g/mol. The number of hydrogen-bond acceptors (Lipinski definition) is 5. The van der Waals surface area contributed by atoms with E-state index in [1.165, 1.54) is 24.5 Å². The Bertz CT molecular complexity index is 756. The van der Waals surface area contributed by atoms with Gasteiger partial charge in [-0.25, -0.2) is 22.9 Å². The number of carbonyl (C=O) groups is 1. The quantitative estimate of drug-likeness (QED) is 0.752. The number of hydrogen-bond donors (Lipinski definition) is 3. The largest absolute Gasteiger partial charge is 0.478 e. The summed E-state index contributed by atoms with van der Waals surface area (Å²) in [4.78, 5) is 14.8. The first-order valence-corrected chi connectivity index (χ1v) is 7.51. The van der Waals surface area contributed by atoms with Gasteiger partial charge in [0.25, 0.3) is 0 Å². The van der Waals surface area contributed by atoms with Crippen LogP contribution in [0.15, 0.2) is 29.4 Å². The van der Waals surface area contributed by atoms with Gasteiger partial charge in [-0.1, -0.05) is 0 Å². The van der Waals surface area contributed by atoms with Gasteiger partial charge in [-0.05, 0) is 37.6 Å². The Labute approximate surface area is 121 Å². The maximum absolute atomic E-state index is 12.3. The van der Waals surface area contributed by atoms with Crippen molar-refractivity contribution in [3.05, 3.63) is 41.5 Å². The number of carboxylic acid groups (broad SMARTS) is 1. The first kappa shape index (κ1) is 15.1. The molecule has 0 amide bonds. The molecule has 0 saturated carbocycles. The number of nitrogens with zero attached hydrogens (tertiary/aromatic N) is 2. The van der Waals surface area contributed by atoms with Gasteiger partial charge in [0.05, 0.1) is 16.5 Å². The molecule has 112 valence electrons. The highest BCUT2D eigenvalue weighted by atomic mass is 32.2. The number of H-pyrrole nitrogens is 1. The predicted molar refractivity (Wildman–Crippen MR) is 73.3 cm³/mol. The van der Waals surface area contributed by atoms with Gasteiger partial charge in [-0.3, -0.25) is 5.10 Å². The third-order valence-electron chi connectivity index (χ3n) is 2.91. The molecule has 8 nitrogen and oxygen atoms in total. The van der Waals surface area contributed by atoms with Gasteiger partial charge in [-0.15, -0.1) is 0 Å². The highest BCUT2D eigenvalue weighted by Gasteiger charge is 2.21. The average molecular weight is 310 g/mol. The summed E-state index contributed by atoms with van der Waals surface area (Å²) in [6.07, 6.45) is 1.28. The Morgan fingerprint density at radius 2 is 2.14 bits per heavy atom. The van der Waals surface area contributed by atoms with Crippen molar-refractivity contribution in [1.29, 1.82) is 0 Å². The third-order valence-corrected chi connectivity index (χ3v) is 4.45. The van der Waals surface area contributed by atoms with E-state index in [-0.39, 0.29) is 10.5 Å². The van der Waals surface area contributed by atoms with Crippen LogP contribution in [0.1, 0.15) is 34.7 Å². The monoisotopic (exact) mass is 310 g/mol. The second-order valence-electron chi connectivity index (χ2n) is 4.50. The SMILES string of the molecule is Cc1cc(S(=O)(=O)NC(C)c2ncn[nH]2)ccc1C(=O)O. The van der Waals surface area contributed by atoms with E-state index in [1.807, 2.05) is 0 Å². The summed E-state index contributed by atoms with van der Waals surface area (Å²) in [6.45, 7) is 3.17. The van der Waals surface area contributed by atoms with E-state index in [9.17, 15) is 13.2 Å². The second-order valence-corrected chi connectivity index (χ2v) is 6.21. The number of benzene rings is 1. The third kappa shape index (κ3) is 3.26. The van der Waals surface area contributed by atoms with Gasteiger partial charge in [0.1, 0.15) is 12.2 Å². The minimum atomic E-state index is -3.78. The Hall–Kier alpha value is -2.26. The highest BCUT2D eigenvalue weighted by molar-refractivity contribution is 7.89. The van der Waals surface area contributed by atoms with E-state index in [2.05, 4.69) is 19.9 Å². The van der Waals surface area contributed by atoms with E-state index in [4.69, 9.17) is 5.11 Å². The Morgan fingerprint density at radius 1 is 1.43 bits per heavy atom. The van der Waals surface area contributed by atoms with E-state index in [0.29, 0.717) is 11.4 Å². The molecule has 2 rings (SSSR count). The molecule has 0 fully saturated rings. The van der Waals surface area contributed by atoms with Gasteiger partial charge >= 0.3 is 5.97 Å². The van der Waals surface area contributed by atoms with Crippen LogP contribution in [-0.2, 0) is 10.0 Å². The fourth-order valence-corrected chi connectivity index (χ4v) is 3.12. The van der Waals surface area contributed by atoms with Crippen LogP contribution in [0.5, 0.6) is 0 Å². The maximum atomic E-state index is 12.3. The van der Waals surface area contributed by atoms with Crippen LogP contribution in [0.25, 0.3) is 0 Å². The average Bonchev–Trinajstić information content (AvgIpc) is 2.91. The van der Waals surface area contributed by atoms with Gasteiger partial charge in [0.2, 0.25) is 10.0 Å². The molecule has 1 atom stereocenters. The van der Waals surface area contributed by atoms with Crippen LogP contribution in [0.4, 0.5) is 0 Å². The van der Waals surface area contributed by atoms with Crippen molar-refractivity contribution in [3.8, 4) is 0 Å². The first-order chi connectivity index (χ1) is 9.81. The number of nitrogens with one attached hydrogen (secondary N) is 2. The minimum absolute atomic E-state index is 0.00337. The number of rotatable bonds is 5. The molecule has 9 heteroatoms. The Morgan fingerprint density at radius 3 is 2.67 bits per heavy atom. The molecule has 21 heavy (non-hydrogen) atoms. The van der Waals surface area contributed by atoms with Gasteiger partial charge in [0.15, 0.2) is 0 Å². The Kier molecular flexibility index (Phi) is 4.05. The van der Waals surface area contributed by atoms with Crippen LogP contribution in [0, 0.1) is 6.92 Å². The minimum Gasteiger partial charge on any atom is -0.478 e. The van der Waals surface area contributed by atoms with Crippen LogP contribution in [-0.4, -0.2) is 34.7 Å². The number of aryl methyl sites for hydroxylation is 1. The summed E-state index contributed by atoms with van der Waals surface area (Å²) < 4.78 is 26.9. The first-order valence-electron chi connectivity index (χ1n) is 6.03. The summed E-state index contributed by atoms with van der Waals surface area (Å²) in [7, 11) is -3.78. The molecule has 0 bridgehead atoms. The molecular formula is C12H14N4O4S. The van der Waals surface area contributed by atoms with Gasteiger partial charge < -0.3 is 5.11 Å². The fraction of sp³-hybridized carbons (Fsp3) is 0.250. The molecule has 1 aromatic carbocycles. The molecule has 0 spiro atoms. The van der Waals surface area contributed by atoms with Crippen LogP contribution in [0.2, 0.25) is 0 Å². The zero-order chi connectivity index (χ0) is 15.6. The van der Waals surface area contributed by atoms with Gasteiger partial charge in [0, 0.05) is 0 Å². The van der Waals surface area contributed by atoms with E-state index in [0.717, 1.165) is 0 Å². The van der Waals surface area contributed by atoms with Gasteiger partial charge in [-0.2, -0.15) is 5.10 Å². The lowest BCUT2D eigenvalue weighted by Crippen LogP contribution is -2.27. The fourth-order valence-electron chi connectivity index (χ4n) is 1.82. The molecule has 2 aromatic rings. The molecule has 0 aliphatic heterocycles. The number of carboxylic acids is 1. The number of aromatic nitrogens is 3. The lowest BCUT2D eigenvalue weighted by molar-refractivity contribution is 0.0696. The predicted octanol–water partition coefficient (Wildman–Crippen LogP) is 0.851. The van der Waals surface area contributed by atoms with Crippen molar-refractivity contribution < 1.29 is 18.3 Å². The zero-order valence-corrected chi connectivity index (χ0v) is 12.2. The van der Waals surface area contributed by atoms with Crippen molar-refractivity contribution in [2.75, 3.05) is 0 Å². The number of sulfonamides is 1. The molecule has 0 aliphatic carbocycles. The molecule has 0 aliphatic rings. The molecule has 1 heterocycles. The summed E-state index contributed by atoms with van der Waals surface area (Å²) in [5, 5.41) is 15.2. The maximum Gasteiger partial charge on any atom is 0.335 e. The number of aromatic carboxylic acids is 1. The molecule has 1 unspecified atom stereocenters. The van der Waals surface area contributed by atoms with E-state index >= 15 is 0 Å². The topological polar surface area (TPSA) is 125 Å². The lowest BCUT2D eigenvalue weighted by Gasteiger charge is -2.12. The van der Waals surface area contributed by atoms with E-state index in [1.54, 1.807) is 13.8 Å². The van der Waals surface area contributed by atoms with Crippen molar-refractivity contribution in [2.24, 2.45) is 0 Å². The van der Waals surface area contributed by atoms with Crippen LogP contribution in [0.3, 0.4) is 0 Å². The number of aromatic amines is 1. The van der Waals surface area contributed by atoms with E-state index < -0.39 is 22.0 Å². The van der Waals surface area contributed by atoms with Crippen molar-refractivity contribution in [3.63, 3.8) is 0 Å². The summed E-state index contributed by atoms with van der Waals surface area (Å²) in [5.41, 5.74) is 0.440. The lowest BCUT2D eigenvalue weighted by atomic mass is 10.1. The highest BCUT2D eigenvalue weighted by Crippen LogP contribution is 2.18. The normalized spacial score (nSPS) is 13.0. The van der Waals surface area contributed by atoms with Crippen LogP contribution >= 0.6 is 0 Å². The smallest absolute Gasteiger partial charge is 0.335 e. The molecule has 3 N–H and O–H groups in total. The summed E-state index contributed by atoms with van der Waals surface area (Å²) >= 11 is 0. The van der Waals surface area contributed by atoms with Crippen molar-refractivity contribution in [2.45, 2.75) is 24.8 Å². The molecule has 0 saturated heterocycles. The summed E-state index contributed by atoms with van der Waals surface area (Å²) in [5.74, 6) is -0.711. The molecule has 0 radical (unpaired) electrons. The Balaban J connectivity index is 2.28. The second kappa shape index (κ2) is 5.62. The standard InChI is InChI=1S/C12H14N4O4S/c1-7-5-9(3-4-10(7)12(17)18)21(19,20)16-8(2)11-13-6-14-15-11/h3-6,8,16H,1-2H3,(H,17,18)(H,13,14,15). The molecule has 1 aromatic heterocycles. The van der Waals surface area contributed by atoms with Crippen molar-refractivity contribution in [1.82, 2.24) is 19.9 Å². The van der Waals surface area contributed by atoms with Crippen LogP contribution < -0.4 is 4.72 Å². The van der Waals surface area contributed by atoms with Crippen molar-refractivity contribution >= 4 is 16.0 Å². The summed E-state index contributed by atoms with van der Waals surface area (Å²) in [6, 6.07) is 3.26. The zero-order valence-electron chi connectivity index (χ0n) is 11.4.